The van der Waals surface area contributed by atoms with Crippen LogP contribution in [0.4, 0.5) is 5.69 Å². The van der Waals surface area contributed by atoms with E-state index in [1.807, 2.05) is 12.4 Å². The number of carbonyl (C=O) groups excluding carboxylic acids is 1. The Hall–Kier alpha value is -1.62. The van der Waals surface area contributed by atoms with Crippen molar-refractivity contribution in [1.82, 2.24) is 9.88 Å². The number of anilines is 1. The van der Waals surface area contributed by atoms with E-state index < -0.39 is 0 Å². The van der Waals surface area contributed by atoms with Crippen LogP contribution in [0.15, 0.2) is 18.5 Å². The van der Waals surface area contributed by atoms with Crippen LogP contribution in [0, 0.1) is 12.8 Å². The molecule has 1 aromatic rings. The molecule has 0 radical (unpaired) electrons. The topological polar surface area (TPSA) is 45.7 Å². The minimum Gasteiger partial charge on any atom is -0.375 e. The second-order valence-electron chi connectivity index (χ2n) is 7.42. The molecule has 0 saturated carbocycles. The third-order valence-corrected chi connectivity index (χ3v) is 5.80. The molecule has 138 valence electrons. The van der Waals surface area contributed by atoms with Gasteiger partial charge in [0.1, 0.15) is 6.61 Å². The number of methoxy groups -OCH3 is 1. The summed E-state index contributed by atoms with van der Waals surface area (Å²) in [4.78, 5) is 21.3. The second-order valence-corrected chi connectivity index (χ2v) is 7.42. The van der Waals surface area contributed by atoms with Crippen molar-refractivity contribution in [2.24, 2.45) is 5.92 Å². The van der Waals surface area contributed by atoms with Gasteiger partial charge in [0.2, 0.25) is 5.91 Å². The number of aromatic nitrogens is 1. The van der Waals surface area contributed by atoms with Crippen molar-refractivity contribution in [3.8, 4) is 0 Å². The highest BCUT2D eigenvalue weighted by Gasteiger charge is 2.34. The fourth-order valence-corrected chi connectivity index (χ4v) is 4.49. The van der Waals surface area contributed by atoms with Crippen LogP contribution in [0.2, 0.25) is 0 Å². The lowest BCUT2D eigenvalue weighted by molar-refractivity contribution is -0.138. The SMILES string of the molecule is COCC(=O)N1CCCCCC1C1CCN(c2ccncc2C)CC1. The van der Waals surface area contributed by atoms with E-state index >= 15 is 0 Å². The third-order valence-electron chi connectivity index (χ3n) is 5.80. The van der Waals surface area contributed by atoms with Crippen LogP contribution in [0.3, 0.4) is 0 Å². The van der Waals surface area contributed by atoms with E-state index in [-0.39, 0.29) is 12.5 Å². The molecule has 5 heteroatoms. The van der Waals surface area contributed by atoms with Crippen molar-refractivity contribution in [3.63, 3.8) is 0 Å². The summed E-state index contributed by atoms with van der Waals surface area (Å²) < 4.78 is 5.12. The minimum absolute atomic E-state index is 0.168. The lowest BCUT2D eigenvalue weighted by Crippen LogP contribution is -2.49. The Kier molecular flexibility index (Phi) is 6.29. The van der Waals surface area contributed by atoms with Crippen molar-refractivity contribution in [1.29, 1.82) is 0 Å². The van der Waals surface area contributed by atoms with Gasteiger partial charge in [-0.25, -0.2) is 0 Å². The monoisotopic (exact) mass is 345 g/mol. The lowest BCUT2D eigenvalue weighted by Gasteiger charge is -2.41. The number of ether oxygens (including phenoxy) is 1. The molecule has 0 bridgehead atoms. The van der Waals surface area contributed by atoms with Crippen LogP contribution in [0.1, 0.15) is 44.1 Å². The number of carbonyl (C=O) groups is 1. The predicted octanol–water partition coefficient (Wildman–Crippen LogP) is 3.02. The molecule has 3 heterocycles. The van der Waals surface area contributed by atoms with Crippen molar-refractivity contribution < 1.29 is 9.53 Å². The standard InChI is InChI=1S/C20H31N3O2/c1-16-14-21-10-7-18(16)22-12-8-17(9-13-22)19-6-4-3-5-11-23(19)20(24)15-25-2/h7,10,14,17,19H,3-6,8-9,11-13,15H2,1-2H3. The van der Waals surface area contributed by atoms with E-state index in [0.29, 0.717) is 12.0 Å². The molecule has 1 aromatic heterocycles. The van der Waals surface area contributed by atoms with Gasteiger partial charge in [-0.15, -0.1) is 0 Å². The summed E-state index contributed by atoms with van der Waals surface area (Å²) in [5.74, 6) is 0.777. The number of nitrogens with zero attached hydrogens (tertiary/aromatic N) is 3. The summed E-state index contributed by atoms with van der Waals surface area (Å²) in [6, 6.07) is 2.52. The molecule has 1 unspecified atom stereocenters. The van der Waals surface area contributed by atoms with Gasteiger partial charge in [-0.1, -0.05) is 12.8 Å². The highest BCUT2D eigenvalue weighted by molar-refractivity contribution is 5.77. The fraction of sp³-hybridized carbons (Fsp3) is 0.700. The minimum atomic E-state index is 0.168. The molecule has 5 nitrogen and oxygen atoms in total. The molecular formula is C20H31N3O2. The van der Waals surface area contributed by atoms with E-state index in [0.717, 1.165) is 45.3 Å². The average molecular weight is 345 g/mol. The Morgan fingerprint density at radius 1 is 1.20 bits per heavy atom. The highest BCUT2D eigenvalue weighted by atomic mass is 16.5. The van der Waals surface area contributed by atoms with Gasteiger partial charge in [-0.05, 0) is 50.2 Å². The van der Waals surface area contributed by atoms with Crippen LogP contribution >= 0.6 is 0 Å². The zero-order valence-corrected chi connectivity index (χ0v) is 15.6. The van der Waals surface area contributed by atoms with E-state index in [9.17, 15) is 4.79 Å². The maximum absolute atomic E-state index is 12.5. The third kappa shape index (κ3) is 4.32. The first-order valence-corrected chi connectivity index (χ1v) is 9.64. The summed E-state index contributed by atoms with van der Waals surface area (Å²) in [5, 5.41) is 0. The molecule has 0 aromatic carbocycles. The zero-order valence-electron chi connectivity index (χ0n) is 15.6. The van der Waals surface area contributed by atoms with Crippen LogP contribution < -0.4 is 4.90 Å². The van der Waals surface area contributed by atoms with E-state index in [4.69, 9.17) is 4.74 Å². The quantitative estimate of drug-likeness (QED) is 0.841. The first-order chi connectivity index (χ1) is 12.2. The second kappa shape index (κ2) is 8.65. The van der Waals surface area contributed by atoms with Gasteiger partial charge >= 0.3 is 0 Å². The molecular weight excluding hydrogens is 314 g/mol. The summed E-state index contributed by atoms with van der Waals surface area (Å²) in [6.45, 7) is 5.38. The molecule has 25 heavy (non-hydrogen) atoms. The van der Waals surface area contributed by atoms with Gasteiger partial charge in [0.25, 0.3) is 0 Å². The normalized spacial score (nSPS) is 22.7. The van der Waals surface area contributed by atoms with Gasteiger partial charge in [0.05, 0.1) is 0 Å². The number of hydrogen-bond acceptors (Lipinski definition) is 4. The summed E-state index contributed by atoms with van der Waals surface area (Å²) in [6.07, 6.45) is 10.9. The van der Waals surface area contributed by atoms with Crippen LogP contribution in [-0.4, -0.2) is 55.2 Å². The fourth-order valence-electron chi connectivity index (χ4n) is 4.49. The van der Waals surface area contributed by atoms with Gasteiger partial charge < -0.3 is 14.5 Å². The van der Waals surface area contributed by atoms with Gasteiger partial charge in [0.15, 0.2) is 0 Å². The number of pyridine rings is 1. The summed E-state index contributed by atoms with van der Waals surface area (Å²) in [7, 11) is 1.61. The maximum Gasteiger partial charge on any atom is 0.248 e. The maximum atomic E-state index is 12.5. The smallest absolute Gasteiger partial charge is 0.248 e. The first-order valence-electron chi connectivity index (χ1n) is 9.64. The molecule has 3 rings (SSSR count). The highest BCUT2D eigenvalue weighted by Crippen LogP contribution is 2.32. The van der Waals surface area contributed by atoms with Crippen molar-refractivity contribution >= 4 is 11.6 Å². The van der Waals surface area contributed by atoms with Gasteiger partial charge in [-0.2, -0.15) is 0 Å². The molecule has 0 N–H and O–H groups in total. The van der Waals surface area contributed by atoms with Crippen molar-refractivity contribution in [2.75, 3.05) is 38.3 Å². The molecule has 2 aliphatic rings. The number of amides is 1. The Morgan fingerprint density at radius 3 is 2.72 bits per heavy atom. The van der Waals surface area contributed by atoms with Gasteiger partial charge in [-0.3, -0.25) is 9.78 Å². The average Bonchev–Trinajstić information content (AvgIpc) is 2.89. The molecule has 0 aliphatic carbocycles. The number of aryl methyl sites for hydroxylation is 1. The Labute approximate surface area is 151 Å². The predicted molar refractivity (Wildman–Crippen MR) is 99.8 cm³/mol. The number of hydrogen-bond donors (Lipinski definition) is 0. The Bertz CT molecular complexity index is 570. The Morgan fingerprint density at radius 2 is 2.00 bits per heavy atom. The molecule has 0 spiro atoms. The van der Waals surface area contributed by atoms with Crippen LogP contribution in [0.5, 0.6) is 0 Å². The van der Waals surface area contributed by atoms with E-state index in [1.54, 1.807) is 7.11 Å². The molecule has 1 atom stereocenters. The molecule has 2 aliphatic heterocycles. The van der Waals surface area contributed by atoms with Gasteiger partial charge in [0, 0.05) is 50.9 Å². The first kappa shape index (κ1) is 18.2. The van der Waals surface area contributed by atoms with Crippen molar-refractivity contribution in [2.45, 2.75) is 51.5 Å². The van der Waals surface area contributed by atoms with E-state index in [2.05, 4.69) is 27.8 Å². The largest absolute Gasteiger partial charge is 0.375 e. The van der Waals surface area contributed by atoms with Crippen LogP contribution in [-0.2, 0) is 9.53 Å². The lowest BCUT2D eigenvalue weighted by atomic mass is 9.86. The summed E-state index contributed by atoms with van der Waals surface area (Å²) in [5.41, 5.74) is 2.55. The zero-order chi connectivity index (χ0) is 17.6. The molecule has 2 fully saturated rings. The summed E-state index contributed by atoms with van der Waals surface area (Å²) >= 11 is 0. The molecule has 1 amide bonds. The number of rotatable bonds is 4. The number of likely N-dealkylation sites (tertiary alicyclic amines) is 1. The number of piperidine rings is 1. The van der Waals surface area contributed by atoms with Crippen LogP contribution in [0.25, 0.3) is 0 Å². The van der Waals surface area contributed by atoms with Crippen molar-refractivity contribution in [3.05, 3.63) is 24.0 Å². The molecule has 2 saturated heterocycles. The Balaban J connectivity index is 1.65. The van der Waals surface area contributed by atoms with E-state index in [1.165, 1.54) is 24.1 Å².